The molecule has 1 aliphatic heterocycles. The van der Waals surface area contributed by atoms with Crippen LogP contribution in [0.3, 0.4) is 0 Å². The fourth-order valence-corrected chi connectivity index (χ4v) is 3.57. The Morgan fingerprint density at radius 3 is 2.28 bits per heavy atom. The van der Waals surface area contributed by atoms with E-state index in [1.165, 1.54) is 4.90 Å². The Hall–Kier alpha value is -2.60. The van der Waals surface area contributed by atoms with E-state index in [0.717, 1.165) is 15.9 Å². The molecule has 0 saturated heterocycles. The number of amides is 2. The summed E-state index contributed by atoms with van der Waals surface area (Å²) < 4.78 is 6.57. The first kappa shape index (κ1) is 21.1. The number of halogens is 1. The van der Waals surface area contributed by atoms with E-state index < -0.39 is 0 Å². The number of rotatable bonds is 7. The maximum Gasteiger partial charge on any atom is 0.278 e. The molecule has 29 heavy (non-hydrogen) atoms. The van der Waals surface area contributed by atoms with Crippen LogP contribution in [0.25, 0.3) is 5.57 Å². The van der Waals surface area contributed by atoms with E-state index in [0.29, 0.717) is 23.4 Å². The zero-order valence-electron chi connectivity index (χ0n) is 17.0. The smallest absolute Gasteiger partial charge is 0.278 e. The standard InChI is InChI=1S/C23H25BrN2O3/c1-14(2)13-26-22(27)20(16-8-10-19(11-9-16)29-15(3)4)21(23(26)28)25-18-7-5-6-17(24)12-18/h5-12,14-15,25H,13H2,1-4H3. The molecule has 0 saturated carbocycles. The van der Waals surface area contributed by atoms with E-state index in [2.05, 4.69) is 21.2 Å². The number of ether oxygens (including phenoxy) is 1. The van der Waals surface area contributed by atoms with Crippen molar-refractivity contribution in [1.82, 2.24) is 4.90 Å². The molecule has 2 aromatic carbocycles. The Kier molecular flexibility index (Phi) is 6.42. The SMILES string of the molecule is CC(C)CN1C(=O)C(Nc2cccc(Br)c2)=C(c2ccc(OC(C)C)cc2)C1=O. The number of nitrogens with zero attached hydrogens (tertiary/aromatic N) is 1. The van der Waals surface area contributed by atoms with Gasteiger partial charge in [-0.05, 0) is 55.7 Å². The molecule has 1 N–H and O–H groups in total. The van der Waals surface area contributed by atoms with Gasteiger partial charge in [0, 0.05) is 16.7 Å². The molecule has 0 bridgehead atoms. The van der Waals surface area contributed by atoms with Crippen molar-refractivity contribution in [3.63, 3.8) is 0 Å². The fourth-order valence-electron chi connectivity index (χ4n) is 3.17. The first-order valence-corrected chi connectivity index (χ1v) is 10.5. The van der Waals surface area contributed by atoms with Crippen LogP contribution in [0.2, 0.25) is 0 Å². The van der Waals surface area contributed by atoms with E-state index in [4.69, 9.17) is 4.74 Å². The van der Waals surface area contributed by atoms with Gasteiger partial charge in [-0.1, -0.05) is 48.0 Å². The summed E-state index contributed by atoms with van der Waals surface area (Å²) in [5, 5.41) is 3.17. The molecule has 0 spiro atoms. The van der Waals surface area contributed by atoms with Gasteiger partial charge >= 0.3 is 0 Å². The summed E-state index contributed by atoms with van der Waals surface area (Å²) in [6.07, 6.45) is 0.0602. The summed E-state index contributed by atoms with van der Waals surface area (Å²) in [4.78, 5) is 27.6. The van der Waals surface area contributed by atoms with E-state index in [1.54, 1.807) is 0 Å². The summed E-state index contributed by atoms with van der Waals surface area (Å²) in [5.41, 5.74) is 2.10. The third kappa shape index (κ3) is 4.88. The quantitative estimate of drug-likeness (QED) is 0.589. The van der Waals surface area contributed by atoms with Gasteiger partial charge in [0.25, 0.3) is 11.8 Å². The number of carbonyl (C=O) groups is 2. The highest BCUT2D eigenvalue weighted by Crippen LogP contribution is 2.32. The number of hydrogen-bond donors (Lipinski definition) is 1. The zero-order chi connectivity index (χ0) is 21.1. The lowest BCUT2D eigenvalue weighted by Crippen LogP contribution is -2.35. The highest BCUT2D eigenvalue weighted by molar-refractivity contribution is 9.10. The van der Waals surface area contributed by atoms with Gasteiger partial charge in [-0.15, -0.1) is 0 Å². The predicted octanol–water partition coefficient (Wildman–Crippen LogP) is 5.08. The maximum atomic E-state index is 13.1. The van der Waals surface area contributed by atoms with Gasteiger partial charge in [0.1, 0.15) is 11.4 Å². The lowest BCUT2D eigenvalue weighted by atomic mass is 10.0. The number of benzene rings is 2. The van der Waals surface area contributed by atoms with Crippen molar-refractivity contribution in [2.24, 2.45) is 5.92 Å². The first-order valence-electron chi connectivity index (χ1n) is 9.66. The lowest BCUT2D eigenvalue weighted by Gasteiger charge is -2.17. The number of nitrogens with one attached hydrogen (secondary N) is 1. The maximum absolute atomic E-state index is 13.1. The summed E-state index contributed by atoms with van der Waals surface area (Å²) in [5.74, 6) is 0.317. The molecule has 5 nitrogen and oxygen atoms in total. The van der Waals surface area contributed by atoms with Gasteiger partial charge in [-0.25, -0.2) is 0 Å². The van der Waals surface area contributed by atoms with Crippen molar-refractivity contribution < 1.29 is 14.3 Å². The third-order valence-electron chi connectivity index (χ3n) is 4.32. The molecule has 1 aliphatic rings. The number of hydrogen-bond acceptors (Lipinski definition) is 4. The fraction of sp³-hybridized carbons (Fsp3) is 0.304. The van der Waals surface area contributed by atoms with E-state index in [9.17, 15) is 9.59 Å². The van der Waals surface area contributed by atoms with Crippen LogP contribution in [0.15, 0.2) is 58.7 Å². The Bertz CT molecular complexity index is 949. The average molecular weight is 457 g/mol. The van der Waals surface area contributed by atoms with Crippen LogP contribution in [0.4, 0.5) is 5.69 Å². The molecule has 0 atom stereocenters. The summed E-state index contributed by atoms with van der Waals surface area (Å²) in [7, 11) is 0. The van der Waals surface area contributed by atoms with Gasteiger partial charge < -0.3 is 10.1 Å². The Morgan fingerprint density at radius 2 is 1.69 bits per heavy atom. The molecule has 3 rings (SSSR count). The van der Waals surface area contributed by atoms with E-state index in [-0.39, 0.29) is 23.8 Å². The number of imide groups is 1. The van der Waals surface area contributed by atoms with Crippen LogP contribution in [0.5, 0.6) is 5.75 Å². The van der Waals surface area contributed by atoms with Gasteiger partial charge in [0.15, 0.2) is 0 Å². The highest BCUT2D eigenvalue weighted by atomic mass is 79.9. The minimum Gasteiger partial charge on any atom is -0.491 e. The largest absolute Gasteiger partial charge is 0.491 e. The minimum atomic E-state index is -0.304. The zero-order valence-corrected chi connectivity index (χ0v) is 18.6. The van der Waals surface area contributed by atoms with Crippen LogP contribution in [-0.2, 0) is 9.59 Å². The van der Waals surface area contributed by atoms with E-state index >= 15 is 0 Å². The third-order valence-corrected chi connectivity index (χ3v) is 4.82. The Labute approximate surface area is 179 Å². The molecule has 0 unspecified atom stereocenters. The topological polar surface area (TPSA) is 58.6 Å². The predicted molar refractivity (Wildman–Crippen MR) is 118 cm³/mol. The monoisotopic (exact) mass is 456 g/mol. The minimum absolute atomic E-state index is 0.0602. The van der Waals surface area contributed by atoms with Gasteiger partial charge in [0.05, 0.1) is 11.7 Å². The second-order valence-electron chi connectivity index (χ2n) is 7.69. The molecular formula is C23H25BrN2O3. The molecule has 2 amide bonds. The van der Waals surface area contributed by atoms with Crippen molar-refractivity contribution in [1.29, 1.82) is 0 Å². The molecule has 6 heteroatoms. The summed E-state index contributed by atoms with van der Waals surface area (Å²) in [6, 6.07) is 14.8. The molecular weight excluding hydrogens is 432 g/mol. The summed E-state index contributed by atoms with van der Waals surface area (Å²) in [6.45, 7) is 8.26. The molecule has 0 aliphatic carbocycles. The van der Waals surface area contributed by atoms with Crippen LogP contribution in [0, 0.1) is 5.92 Å². The van der Waals surface area contributed by atoms with Crippen LogP contribution in [0.1, 0.15) is 33.3 Å². The molecule has 0 radical (unpaired) electrons. The average Bonchev–Trinajstić information content (AvgIpc) is 2.86. The molecule has 0 aromatic heterocycles. The molecule has 1 heterocycles. The van der Waals surface area contributed by atoms with Crippen molar-refractivity contribution in [2.45, 2.75) is 33.8 Å². The molecule has 2 aromatic rings. The normalized spacial score (nSPS) is 14.4. The first-order chi connectivity index (χ1) is 13.8. The number of carbonyl (C=O) groups excluding carboxylic acids is 2. The second-order valence-corrected chi connectivity index (χ2v) is 8.61. The van der Waals surface area contributed by atoms with Crippen molar-refractivity contribution in [2.75, 3.05) is 11.9 Å². The highest BCUT2D eigenvalue weighted by Gasteiger charge is 2.39. The van der Waals surface area contributed by atoms with Gasteiger partial charge in [-0.3, -0.25) is 14.5 Å². The van der Waals surface area contributed by atoms with Crippen LogP contribution in [-0.4, -0.2) is 29.4 Å². The van der Waals surface area contributed by atoms with Crippen molar-refractivity contribution >= 4 is 39.0 Å². The van der Waals surface area contributed by atoms with Crippen LogP contribution >= 0.6 is 15.9 Å². The Morgan fingerprint density at radius 1 is 1.00 bits per heavy atom. The number of anilines is 1. The van der Waals surface area contributed by atoms with E-state index in [1.807, 2.05) is 76.2 Å². The lowest BCUT2D eigenvalue weighted by molar-refractivity contribution is -0.137. The molecule has 0 fully saturated rings. The van der Waals surface area contributed by atoms with Crippen molar-refractivity contribution in [3.05, 3.63) is 64.3 Å². The molecule has 152 valence electrons. The van der Waals surface area contributed by atoms with Crippen molar-refractivity contribution in [3.8, 4) is 5.75 Å². The van der Waals surface area contributed by atoms with Crippen LogP contribution < -0.4 is 10.1 Å². The van der Waals surface area contributed by atoms with Gasteiger partial charge in [-0.2, -0.15) is 0 Å². The summed E-state index contributed by atoms with van der Waals surface area (Å²) >= 11 is 3.44. The van der Waals surface area contributed by atoms with Gasteiger partial charge in [0.2, 0.25) is 0 Å². The Balaban J connectivity index is 2.01. The second kappa shape index (κ2) is 8.82.